The van der Waals surface area contributed by atoms with Crippen LogP contribution in [0.15, 0.2) is 29.3 Å². The highest BCUT2D eigenvalue weighted by Crippen LogP contribution is 2.19. The summed E-state index contributed by atoms with van der Waals surface area (Å²) in [5, 5.41) is 0. The molecule has 0 spiro atoms. The molecule has 0 aliphatic rings. The maximum Gasteiger partial charge on any atom is 0.0411 e. The topological polar surface area (TPSA) is 38.4 Å². The summed E-state index contributed by atoms with van der Waals surface area (Å²) >= 11 is 0. The summed E-state index contributed by atoms with van der Waals surface area (Å²) in [5.41, 5.74) is 11.3. The molecule has 0 saturated heterocycles. The lowest BCUT2D eigenvalue weighted by Gasteiger charge is -2.09. The number of nitrogens with two attached hydrogens (primary N) is 1. The molecule has 0 aromatic heterocycles. The van der Waals surface area contributed by atoms with Gasteiger partial charge in [-0.2, -0.15) is 0 Å². The van der Waals surface area contributed by atoms with E-state index in [1.54, 1.807) is 7.05 Å². The maximum absolute atomic E-state index is 6.05. The standard InChI is InChI=1S/C13H18N2/c1-9-6-5-7-10(2)13(9)12(14)8-11(3)15-4/h5-8H,14H2,1-4H3. The Balaban J connectivity index is 3.22. The molecule has 2 heteroatoms. The number of rotatable bonds is 2. The quantitative estimate of drug-likeness (QED) is 0.736. The Hall–Kier alpha value is -1.57. The van der Waals surface area contributed by atoms with Gasteiger partial charge in [0, 0.05) is 24.0 Å². The Labute approximate surface area is 91.5 Å². The Morgan fingerprint density at radius 2 is 1.80 bits per heavy atom. The van der Waals surface area contributed by atoms with E-state index in [1.165, 1.54) is 11.1 Å². The number of hydrogen-bond acceptors (Lipinski definition) is 2. The van der Waals surface area contributed by atoms with Crippen molar-refractivity contribution in [1.82, 2.24) is 0 Å². The number of aryl methyl sites for hydroxylation is 2. The van der Waals surface area contributed by atoms with E-state index in [-0.39, 0.29) is 0 Å². The molecule has 15 heavy (non-hydrogen) atoms. The molecule has 0 unspecified atom stereocenters. The first-order valence-corrected chi connectivity index (χ1v) is 5.03. The van der Waals surface area contributed by atoms with Crippen molar-refractivity contribution in [2.45, 2.75) is 20.8 Å². The van der Waals surface area contributed by atoms with Crippen LogP contribution in [0.4, 0.5) is 0 Å². The molecular weight excluding hydrogens is 184 g/mol. The molecule has 0 aliphatic heterocycles. The minimum Gasteiger partial charge on any atom is -0.398 e. The molecule has 0 atom stereocenters. The Morgan fingerprint density at radius 1 is 1.27 bits per heavy atom. The maximum atomic E-state index is 6.05. The lowest BCUT2D eigenvalue weighted by atomic mass is 9.99. The van der Waals surface area contributed by atoms with Crippen molar-refractivity contribution in [1.29, 1.82) is 0 Å². The zero-order valence-electron chi connectivity index (χ0n) is 9.83. The van der Waals surface area contributed by atoms with Crippen molar-refractivity contribution in [2.24, 2.45) is 10.7 Å². The molecule has 1 aromatic carbocycles. The second kappa shape index (κ2) is 4.78. The van der Waals surface area contributed by atoms with Crippen LogP contribution in [0.3, 0.4) is 0 Å². The van der Waals surface area contributed by atoms with Gasteiger partial charge in [0.2, 0.25) is 0 Å². The van der Waals surface area contributed by atoms with Gasteiger partial charge in [-0.3, -0.25) is 4.99 Å². The van der Waals surface area contributed by atoms with Gasteiger partial charge >= 0.3 is 0 Å². The van der Waals surface area contributed by atoms with Gasteiger partial charge in [-0.05, 0) is 38.0 Å². The van der Waals surface area contributed by atoms with Crippen molar-refractivity contribution < 1.29 is 0 Å². The first-order valence-electron chi connectivity index (χ1n) is 5.03. The van der Waals surface area contributed by atoms with Crippen molar-refractivity contribution in [3.05, 3.63) is 41.0 Å². The van der Waals surface area contributed by atoms with E-state index >= 15 is 0 Å². The molecule has 2 N–H and O–H groups in total. The van der Waals surface area contributed by atoms with Crippen LogP contribution < -0.4 is 5.73 Å². The highest BCUT2D eigenvalue weighted by atomic mass is 14.7. The monoisotopic (exact) mass is 202 g/mol. The van der Waals surface area contributed by atoms with Crippen LogP contribution >= 0.6 is 0 Å². The number of nitrogens with zero attached hydrogens (tertiary/aromatic N) is 1. The summed E-state index contributed by atoms with van der Waals surface area (Å²) in [4.78, 5) is 4.07. The molecule has 80 valence electrons. The van der Waals surface area contributed by atoms with Crippen molar-refractivity contribution >= 4 is 11.4 Å². The summed E-state index contributed by atoms with van der Waals surface area (Å²) in [6.45, 7) is 6.09. The number of aliphatic imine (C=N–C) groups is 1. The minimum absolute atomic E-state index is 0.786. The Morgan fingerprint density at radius 3 is 2.27 bits per heavy atom. The number of benzene rings is 1. The van der Waals surface area contributed by atoms with Crippen LogP contribution in [-0.2, 0) is 0 Å². The first-order chi connectivity index (χ1) is 7.06. The van der Waals surface area contributed by atoms with Crippen LogP contribution in [0.2, 0.25) is 0 Å². The minimum atomic E-state index is 0.786. The van der Waals surface area contributed by atoms with E-state index in [1.807, 2.05) is 19.1 Å². The van der Waals surface area contributed by atoms with Crippen LogP contribution in [0.5, 0.6) is 0 Å². The highest BCUT2D eigenvalue weighted by molar-refractivity contribution is 5.99. The van der Waals surface area contributed by atoms with Crippen LogP contribution in [0.1, 0.15) is 23.6 Å². The lowest BCUT2D eigenvalue weighted by molar-refractivity contribution is 1.32. The normalized spacial score (nSPS) is 13.1. The van der Waals surface area contributed by atoms with E-state index in [0.717, 1.165) is 17.0 Å². The molecule has 0 amide bonds. The van der Waals surface area contributed by atoms with Gasteiger partial charge in [0.25, 0.3) is 0 Å². The van der Waals surface area contributed by atoms with E-state index in [0.29, 0.717) is 0 Å². The third-order valence-electron chi connectivity index (χ3n) is 2.49. The van der Waals surface area contributed by atoms with Gasteiger partial charge in [0.05, 0.1) is 0 Å². The molecular formula is C13H18N2. The average molecular weight is 202 g/mol. The van der Waals surface area contributed by atoms with Gasteiger partial charge in [-0.15, -0.1) is 0 Å². The summed E-state index contributed by atoms with van der Waals surface area (Å²) in [5.74, 6) is 0. The zero-order chi connectivity index (χ0) is 11.4. The Kier molecular flexibility index (Phi) is 3.67. The SMILES string of the molecule is CN=C(C)C=C(N)c1c(C)cccc1C. The van der Waals surface area contributed by atoms with Gasteiger partial charge in [0.15, 0.2) is 0 Å². The predicted molar refractivity (Wildman–Crippen MR) is 67.1 cm³/mol. The highest BCUT2D eigenvalue weighted by Gasteiger charge is 2.04. The molecule has 2 nitrogen and oxygen atoms in total. The largest absolute Gasteiger partial charge is 0.398 e. The second-order valence-electron chi connectivity index (χ2n) is 3.73. The van der Waals surface area contributed by atoms with Crippen molar-refractivity contribution in [3.8, 4) is 0 Å². The fraction of sp³-hybridized carbons (Fsp3) is 0.308. The van der Waals surface area contributed by atoms with Gasteiger partial charge in [-0.1, -0.05) is 18.2 Å². The van der Waals surface area contributed by atoms with Gasteiger partial charge in [0.1, 0.15) is 0 Å². The fourth-order valence-electron chi connectivity index (χ4n) is 1.63. The van der Waals surface area contributed by atoms with Crippen LogP contribution in [-0.4, -0.2) is 12.8 Å². The van der Waals surface area contributed by atoms with E-state index in [2.05, 4.69) is 31.0 Å². The summed E-state index contributed by atoms with van der Waals surface area (Å²) in [7, 11) is 1.77. The zero-order valence-corrected chi connectivity index (χ0v) is 9.83. The van der Waals surface area contributed by atoms with E-state index < -0.39 is 0 Å². The molecule has 0 heterocycles. The van der Waals surface area contributed by atoms with Gasteiger partial charge < -0.3 is 5.73 Å². The number of hydrogen-bond donors (Lipinski definition) is 1. The molecule has 1 rings (SSSR count). The smallest absolute Gasteiger partial charge is 0.0411 e. The van der Waals surface area contributed by atoms with Crippen LogP contribution in [0.25, 0.3) is 5.70 Å². The second-order valence-corrected chi connectivity index (χ2v) is 3.73. The van der Waals surface area contributed by atoms with Gasteiger partial charge in [-0.25, -0.2) is 0 Å². The molecule has 0 aliphatic carbocycles. The summed E-state index contributed by atoms with van der Waals surface area (Å²) in [6.07, 6.45) is 1.91. The third-order valence-corrected chi connectivity index (χ3v) is 2.49. The number of allylic oxidation sites excluding steroid dienone is 1. The van der Waals surface area contributed by atoms with Crippen molar-refractivity contribution in [2.75, 3.05) is 7.05 Å². The predicted octanol–water partition coefficient (Wildman–Crippen LogP) is 2.69. The molecule has 1 aromatic rings. The molecule has 0 radical (unpaired) electrons. The first kappa shape index (κ1) is 11.5. The Bertz CT molecular complexity index is 394. The fourth-order valence-corrected chi connectivity index (χ4v) is 1.63. The van der Waals surface area contributed by atoms with Crippen molar-refractivity contribution in [3.63, 3.8) is 0 Å². The van der Waals surface area contributed by atoms with Crippen LogP contribution in [0, 0.1) is 13.8 Å². The third kappa shape index (κ3) is 2.69. The van der Waals surface area contributed by atoms with E-state index in [4.69, 9.17) is 5.73 Å². The lowest BCUT2D eigenvalue weighted by Crippen LogP contribution is -2.03. The molecule has 0 bridgehead atoms. The molecule has 0 fully saturated rings. The van der Waals surface area contributed by atoms with E-state index in [9.17, 15) is 0 Å². The average Bonchev–Trinajstić information content (AvgIpc) is 2.17. The molecule has 0 saturated carbocycles. The summed E-state index contributed by atoms with van der Waals surface area (Å²) < 4.78 is 0. The summed E-state index contributed by atoms with van der Waals surface area (Å²) in [6, 6.07) is 6.19.